The maximum atomic E-state index is 13.0. The molecule has 5 nitrogen and oxygen atoms in total. The molecular formula is C20H29N3O2. The van der Waals surface area contributed by atoms with Crippen molar-refractivity contribution in [1.29, 1.82) is 0 Å². The summed E-state index contributed by atoms with van der Waals surface area (Å²) in [4.78, 5) is 22.0. The number of anilines is 1. The van der Waals surface area contributed by atoms with Crippen molar-refractivity contribution < 1.29 is 9.53 Å². The average molecular weight is 343 g/mol. The molecule has 1 saturated carbocycles. The molecule has 0 spiro atoms. The van der Waals surface area contributed by atoms with Crippen LogP contribution in [0.25, 0.3) is 0 Å². The van der Waals surface area contributed by atoms with Gasteiger partial charge in [0.05, 0.1) is 18.8 Å². The van der Waals surface area contributed by atoms with Gasteiger partial charge in [-0.25, -0.2) is 4.98 Å². The lowest BCUT2D eigenvalue weighted by Gasteiger charge is -2.34. The van der Waals surface area contributed by atoms with Gasteiger partial charge in [0.15, 0.2) is 0 Å². The lowest BCUT2D eigenvalue weighted by atomic mass is 9.83. The van der Waals surface area contributed by atoms with Crippen LogP contribution in [0.5, 0.6) is 0 Å². The molecule has 0 N–H and O–H groups in total. The highest BCUT2D eigenvalue weighted by Crippen LogP contribution is 2.35. The molecule has 3 aliphatic rings. The Kier molecular flexibility index (Phi) is 5.20. The Hall–Kier alpha value is -1.62. The smallest absolute Gasteiger partial charge is 0.255 e. The van der Waals surface area contributed by atoms with Crippen molar-refractivity contribution in [3.8, 4) is 0 Å². The summed E-state index contributed by atoms with van der Waals surface area (Å²) in [7, 11) is 0. The molecule has 2 saturated heterocycles. The number of likely N-dealkylation sites (tertiary alicyclic amines) is 1. The summed E-state index contributed by atoms with van der Waals surface area (Å²) in [6, 6.07) is 4.40. The molecule has 1 aromatic rings. The first-order valence-corrected chi connectivity index (χ1v) is 9.92. The number of amides is 1. The van der Waals surface area contributed by atoms with E-state index in [0.717, 1.165) is 50.7 Å². The highest BCUT2D eigenvalue weighted by Gasteiger charge is 2.35. The number of pyridine rings is 1. The van der Waals surface area contributed by atoms with E-state index in [0.29, 0.717) is 12.0 Å². The van der Waals surface area contributed by atoms with Crippen molar-refractivity contribution in [2.45, 2.75) is 51.0 Å². The molecule has 0 unspecified atom stereocenters. The van der Waals surface area contributed by atoms with E-state index < -0.39 is 0 Å². The fourth-order valence-electron chi connectivity index (χ4n) is 4.71. The fourth-order valence-corrected chi connectivity index (χ4v) is 4.71. The Morgan fingerprint density at radius 3 is 2.52 bits per heavy atom. The van der Waals surface area contributed by atoms with Crippen molar-refractivity contribution >= 4 is 11.7 Å². The second-order valence-electron chi connectivity index (χ2n) is 7.61. The van der Waals surface area contributed by atoms with Gasteiger partial charge in [-0.2, -0.15) is 0 Å². The van der Waals surface area contributed by atoms with Crippen LogP contribution in [0.15, 0.2) is 18.3 Å². The zero-order valence-corrected chi connectivity index (χ0v) is 15.0. The number of morpholine rings is 1. The first-order valence-electron chi connectivity index (χ1n) is 9.92. The van der Waals surface area contributed by atoms with Gasteiger partial charge in [-0.05, 0) is 43.7 Å². The van der Waals surface area contributed by atoms with E-state index in [9.17, 15) is 4.79 Å². The van der Waals surface area contributed by atoms with E-state index in [1.807, 2.05) is 12.1 Å². The van der Waals surface area contributed by atoms with Gasteiger partial charge in [-0.15, -0.1) is 0 Å². The largest absolute Gasteiger partial charge is 0.378 e. The van der Waals surface area contributed by atoms with E-state index in [4.69, 9.17) is 4.74 Å². The van der Waals surface area contributed by atoms with Crippen molar-refractivity contribution in [2.24, 2.45) is 5.92 Å². The number of nitrogens with zero attached hydrogens (tertiary/aromatic N) is 3. The second-order valence-corrected chi connectivity index (χ2v) is 7.61. The van der Waals surface area contributed by atoms with Crippen LogP contribution >= 0.6 is 0 Å². The van der Waals surface area contributed by atoms with E-state index in [-0.39, 0.29) is 5.91 Å². The molecular weight excluding hydrogens is 314 g/mol. The number of carbonyl (C=O) groups is 1. The van der Waals surface area contributed by atoms with Crippen LogP contribution in [0.3, 0.4) is 0 Å². The van der Waals surface area contributed by atoms with Gasteiger partial charge < -0.3 is 14.5 Å². The Labute approximate surface area is 150 Å². The number of rotatable bonds is 3. The summed E-state index contributed by atoms with van der Waals surface area (Å²) in [5.74, 6) is 1.83. The third-order valence-corrected chi connectivity index (χ3v) is 6.08. The number of carbonyl (C=O) groups excluding carboxylic acids is 1. The fraction of sp³-hybridized carbons (Fsp3) is 0.700. The quantitative estimate of drug-likeness (QED) is 0.846. The zero-order chi connectivity index (χ0) is 17.1. The normalized spacial score (nSPS) is 25.4. The molecule has 25 heavy (non-hydrogen) atoms. The summed E-state index contributed by atoms with van der Waals surface area (Å²) in [5.41, 5.74) is 0.736. The molecule has 1 atom stereocenters. The summed E-state index contributed by atoms with van der Waals surface area (Å²) in [6.45, 7) is 4.15. The minimum absolute atomic E-state index is 0.175. The molecule has 0 aromatic carbocycles. The second kappa shape index (κ2) is 7.73. The molecule has 0 bridgehead atoms. The Bertz CT molecular complexity index is 577. The van der Waals surface area contributed by atoms with Crippen LogP contribution in [-0.4, -0.2) is 54.7 Å². The zero-order valence-electron chi connectivity index (χ0n) is 15.0. The van der Waals surface area contributed by atoms with Crippen molar-refractivity contribution in [3.05, 3.63) is 23.9 Å². The van der Waals surface area contributed by atoms with Crippen LogP contribution in [0.4, 0.5) is 5.82 Å². The SMILES string of the molecule is O=C(c1ccc(N2CCOCC2)nc1)N1CCC[C@H]1C1CCCCC1. The molecule has 3 fully saturated rings. The van der Waals surface area contributed by atoms with Crippen molar-refractivity contribution in [1.82, 2.24) is 9.88 Å². The molecule has 136 valence electrons. The van der Waals surface area contributed by atoms with Gasteiger partial charge >= 0.3 is 0 Å². The third-order valence-electron chi connectivity index (χ3n) is 6.08. The van der Waals surface area contributed by atoms with E-state index in [1.54, 1.807) is 6.20 Å². The maximum Gasteiger partial charge on any atom is 0.255 e. The Balaban J connectivity index is 1.44. The molecule has 0 radical (unpaired) electrons. The van der Waals surface area contributed by atoms with Crippen LogP contribution < -0.4 is 4.90 Å². The lowest BCUT2D eigenvalue weighted by Crippen LogP contribution is -2.41. The van der Waals surface area contributed by atoms with Crippen molar-refractivity contribution in [3.63, 3.8) is 0 Å². The third kappa shape index (κ3) is 3.66. The van der Waals surface area contributed by atoms with Gasteiger partial charge in [0.1, 0.15) is 5.82 Å². The molecule has 3 heterocycles. The summed E-state index contributed by atoms with van der Waals surface area (Å²) in [5, 5.41) is 0. The van der Waals surface area contributed by atoms with Gasteiger partial charge in [0, 0.05) is 31.9 Å². The summed E-state index contributed by atoms with van der Waals surface area (Å²) in [6.07, 6.45) is 10.7. The number of hydrogen-bond donors (Lipinski definition) is 0. The molecule has 1 amide bonds. The Morgan fingerprint density at radius 2 is 1.80 bits per heavy atom. The molecule has 1 aromatic heterocycles. The van der Waals surface area contributed by atoms with Gasteiger partial charge in [-0.3, -0.25) is 4.79 Å². The summed E-state index contributed by atoms with van der Waals surface area (Å²) < 4.78 is 5.39. The summed E-state index contributed by atoms with van der Waals surface area (Å²) >= 11 is 0. The van der Waals surface area contributed by atoms with Crippen LogP contribution in [-0.2, 0) is 4.74 Å². The molecule has 4 rings (SSSR count). The number of aromatic nitrogens is 1. The van der Waals surface area contributed by atoms with Gasteiger partial charge in [-0.1, -0.05) is 19.3 Å². The standard InChI is InChI=1S/C20H29N3O2/c24-20(23-10-4-7-18(23)16-5-2-1-3-6-16)17-8-9-19(21-15-17)22-11-13-25-14-12-22/h8-9,15-16,18H,1-7,10-14H2/t18-/m0/s1. The number of hydrogen-bond acceptors (Lipinski definition) is 4. The van der Waals surface area contributed by atoms with E-state index in [1.165, 1.54) is 38.5 Å². The predicted octanol–water partition coefficient (Wildman–Crippen LogP) is 3.10. The van der Waals surface area contributed by atoms with Crippen LogP contribution in [0.1, 0.15) is 55.3 Å². The van der Waals surface area contributed by atoms with Gasteiger partial charge in [0.2, 0.25) is 0 Å². The van der Waals surface area contributed by atoms with Crippen LogP contribution in [0, 0.1) is 5.92 Å². The molecule has 1 aliphatic carbocycles. The minimum atomic E-state index is 0.175. The van der Waals surface area contributed by atoms with Gasteiger partial charge in [0.25, 0.3) is 5.91 Å². The predicted molar refractivity (Wildman–Crippen MR) is 97.9 cm³/mol. The van der Waals surface area contributed by atoms with Crippen molar-refractivity contribution in [2.75, 3.05) is 37.7 Å². The first-order chi connectivity index (χ1) is 12.3. The number of ether oxygens (including phenoxy) is 1. The average Bonchev–Trinajstić information content (AvgIpc) is 3.19. The minimum Gasteiger partial charge on any atom is -0.378 e. The monoisotopic (exact) mass is 343 g/mol. The lowest BCUT2D eigenvalue weighted by molar-refractivity contribution is 0.0661. The highest BCUT2D eigenvalue weighted by atomic mass is 16.5. The van der Waals surface area contributed by atoms with E-state index >= 15 is 0 Å². The van der Waals surface area contributed by atoms with Crippen LogP contribution in [0.2, 0.25) is 0 Å². The first kappa shape index (κ1) is 16.8. The maximum absolute atomic E-state index is 13.0. The van der Waals surface area contributed by atoms with E-state index in [2.05, 4.69) is 14.8 Å². The molecule has 5 heteroatoms. The Morgan fingerprint density at radius 1 is 1.00 bits per heavy atom. The molecule has 2 aliphatic heterocycles. The highest BCUT2D eigenvalue weighted by molar-refractivity contribution is 5.94. The topological polar surface area (TPSA) is 45.7 Å².